The predicted octanol–water partition coefficient (Wildman–Crippen LogP) is 3.67. The molecule has 0 bridgehead atoms. The van der Waals surface area contributed by atoms with Crippen LogP contribution in [-0.4, -0.2) is 53.9 Å². The van der Waals surface area contributed by atoms with E-state index in [2.05, 4.69) is 15.3 Å². The molecule has 0 saturated heterocycles. The summed E-state index contributed by atoms with van der Waals surface area (Å²) in [6, 6.07) is 13.6. The van der Waals surface area contributed by atoms with Crippen molar-refractivity contribution in [3.63, 3.8) is 0 Å². The number of ether oxygens (including phenoxy) is 1. The number of pyridine rings is 1. The van der Waals surface area contributed by atoms with Gasteiger partial charge in [-0.05, 0) is 24.3 Å². The molecule has 7 nitrogen and oxygen atoms in total. The summed E-state index contributed by atoms with van der Waals surface area (Å²) in [5, 5.41) is 3.42. The van der Waals surface area contributed by atoms with Gasteiger partial charge in [-0.3, -0.25) is 14.6 Å². The largest absolute Gasteiger partial charge is 0.383 e. The normalized spacial score (nSPS) is 15.4. The number of para-hydroxylation sites is 1. The molecule has 0 spiro atoms. The van der Waals surface area contributed by atoms with Crippen LogP contribution in [0.4, 0.5) is 11.4 Å². The quantitative estimate of drug-likeness (QED) is 0.611. The van der Waals surface area contributed by atoms with E-state index in [-0.39, 0.29) is 24.0 Å². The summed E-state index contributed by atoms with van der Waals surface area (Å²) in [6.07, 6.45) is 4.13. The van der Waals surface area contributed by atoms with E-state index < -0.39 is 0 Å². The predicted molar refractivity (Wildman–Crippen MR) is 119 cm³/mol. The summed E-state index contributed by atoms with van der Waals surface area (Å²) in [7, 11) is 3.36. The van der Waals surface area contributed by atoms with Gasteiger partial charge < -0.3 is 19.9 Å². The van der Waals surface area contributed by atoms with Gasteiger partial charge in [0, 0.05) is 62.9 Å². The number of hydrogen-bond donors (Lipinski definition) is 2. The SMILES string of the molecule is COCCN(C)C(=O)C1CC(=O)c2c([nH]c(-c3ccncc3)c2Nc2ccccc2)C1. The van der Waals surface area contributed by atoms with Crippen LogP contribution in [0.15, 0.2) is 54.9 Å². The van der Waals surface area contributed by atoms with Crippen molar-refractivity contribution < 1.29 is 14.3 Å². The molecular weight excluding hydrogens is 392 g/mol. The molecule has 1 aromatic carbocycles. The highest BCUT2D eigenvalue weighted by Gasteiger charge is 2.35. The Morgan fingerprint density at radius 3 is 2.65 bits per heavy atom. The van der Waals surface area contributed by atoms with Gasteiger partial charge >= 0.3 is 0 Å². The number of hydrogen-bond acceptors (Lipinski definition) is 5. The zero-order valence-corrected chi connectivity index (χ0v) is 17.7. The molecule has 1 amide bonds. The van der Waals surface area contributed by atoms with E-state index in [4.69, 9.17) is 4.74 Å². The van der Waals surface area contributed by atoms with Crippen molar-refractivity contribution in [1.29, 1.82) is 0 Å². The first-order valence-corrected chi connectivity index (χ1v) is 10.3. The Kier molecular flexibility index (Phi) is 6.13. The van der Waals surface area contributed by atoms with Crippen molar-refractivity contribution in [3.05, 3.63) is 66.1 Å². The van der Waals surface area contributed by atoms with Crippen LogP contribution in [0.3, 0.4) is 0 Å². The lowest BCUT2D eigenvalue weighted by Crippen LogP contribution is -2.38. The zero-order chi connectivity index (χ0) is 21.8. The Labute approximate surface area is 181 Å². The molecule has 1 unspecified atom stereocenters. The van der Waals surface area contributed by atoms with Crippen LogP contribution in [-0.2, 0) is 16.0 Å². The molecule has 2 heterocycles. The molecule has 31 heavy (non-hydrogen) atoms. The van der Waals surface area contributed by atoms with E-state index in [0.717, 1.165) is 28.3 Å². The molecule has 160 valence electrons. The maximum atomic E-state index is 13.2. The third-order valence-corrected chi connectivity index (χ3v) is 5.61. The minimum atomic E-state index is -0.379. The van der Waals surface area contributed by atoms with E-state index in [9.17, 15) is 9.59 Å². The Morgan fingerprint density at radius 1 is 1.19 bits per heavy atom. The van der Waals surface area contributed by atoms with Gasteiger partial charge in [-0.1, -0.05) is 18.2 Å². The van der Waals surface area contributed by atoms with Crippen molar-refractivity contribution >= 4 is 23.1 Å². The molecule has 1 aliphatic rings. The number of carbonyl (C=O) groups excluding carboxylic acids is 2. The number of methoxy groups -OCH3 is 1. The highest BCUT2D eigenvalue weighted by Crippen LogP contribution is 2.40. The van der Waals surface area contributed by atoms with Gasteiger partial charge in [0.25, 0.3) is 0 Å². The first-order valence-electron chi connectivity index (χ1n) is 10.3. The standard InChI is InChI=1S/C24H26N4O3/c1-28(12-13-31-2)24(30)17-14-19-21(20(29)15-17)23(26-18-6-4-3-5-7-18)22(27-19)16-8-10-25-11-9-16/h3-11,17,26-27H,12-15H2,1-2H3. The lowest BCUT2D eigenvalue weighted by atomic mass is 9.85. The van der Waals surface area contributed by atoms with Crippen molar-refractivity contribution in [2.45, 2.75) is 12.8 Å². The smallest absolute Gasteiger partial charge is 0.226 e. The summed E-state index contributed by atoms with van der Waals surface area (Å²) in [5.74, 6) is -0.446. The number of aromatic amines is 1. The van der Waals surface area contributed by atoms with Crippen LogP contribution in [0.2, 0.25) is 0 Å². The van der Waals surface area contributed by atoms with Crippen LogP contribution >= 0.6 is 0 Å². The first-order chi connectivity index (χ1) is 15.1. The van der Waals surface area contributed by atoms with Gasteiger partial charge in [0.1, 0.15) is 0 Å². The summed E-state index contributed by atoms with van der Waals surface area (Å²) in [5.41, 5.74) is 4.82. The fraction of sp³-hybridized carbons (Fsp3) is 0.292. The van der Waals surface area contributed by atoms with Crippen molar-refractivity contribution in [3.8, 4) is 11.3 Å². The number of nitrogens with zero attached hydrogens (tertiary/aromatic N) is 2. The number of Topliss-reactive ketones (excluding diaryl/α,β-unsaturated/α-hetero) is 1. The number of nitrogens with one attached hydrogen (secondary N) is 2. The van der Waals surface area contributed by atoms with Crippen LogP contribution in [0, 0.1) is 5.92 Å². The molecule has 1 atom stereocenters. The number of H-pyrrole nitrogens is 1. The fourth-order valence-electron chi connectivity index (χ4n) is 4.01. The maximum Gasteiger partial charge on any atom is 0.226 e. The van der Waals surface area contributed by atoms with Gasteiger partial charge in [0.15, 0.2) is 5.78 Å². The molecule has 0 aliphatic heterocycles. The van der Waals surface area contributed by atoms with Crippen molar-refractivity contribution in [2.75, 3.05) is 32.6 Å². The number of rotatable bonds is 7. The molecule has 0 radical (unpaired) electrons. The van der Waals surface area contributed by atoms with Gasteiger partial charge in [0.05, 0.1) is 29.5 Å². The number of fused-ring (bicyclic) bond motifs is 1. The average Bonchev–Trinajstić information content (AvgIpc) is 3.17. The van der Waals surface area contributed by atoms with Gasteiger partial charge in [-0.25, -0.2) is 0 Å². The van der Waals surface area contributed by atoms with Crippen LogP contribution in [0.25, 0.3) is 11.3 Å². The number of anilines is 2. The van der Waals surface area contributed by atoms with Gasteiger partial charge in [0.2, 0.25) is 5.91 Å². The maximum absolute atomic E-state index is 13.2. The average molecular weight is 418 g/mol. The summed E-state index contributed by atoms with van der Waals surface area (Å²) < 4.78 is 5.07. The second-order valence-corrected chi connectivity index (χ2v) is 7.74. The number of ketones is 1. The molecular formula is C24H26N4O3. The summed E-state index contributed by atoms with van der Waals surface area (Å²) in [4.78, 5) is 35.3. The lowest BCUT2D eigenvalue weighted by molar-refractivity contribution is -0.134. The monoisotopic (exact) mass is 418 g/mol. The van der Waals surface area contributed by atoms with Crippen molar-refractivity contribution in [1.82, 2.24) is 14.9 Å². The molecule has 3 aromatic rings. The molecule has 7 heteroatoms. The molecule has 2 N–H and O–H groups in total. The van der Waals surface area contributed by atoms with Gasteiger partial charge in [-0.2, -0.15) is 0 Å². The minimum Gasteiger partial charge on any atom is -0.383 e. The van der Waals surface area contributed by atoms with Crippen molar-refractivity contribution in [2.24, 2.45) is 5.92 Å². The highest BCUT2D eigenvalue weighted by molar-refractivity contribution is 6.09. The summed E-state index contributed by atoms with van der Waals surface area (Å²) in [6.45, 7) is 0.967. The van der Waals surface area contributed by atoms with Crippen LogP contribution in [0.5, 0.6) is 0 Å². The van der Waals surface area contributed by atoms with E-state index in [1.807, 2.05) is 42.5 Å². The molecule has 1 aliphatic carbocycles. The van der Waals surface area contributed by atoms with E-state index in [0.29, 0.717) is 25.1 Å². The Balaban J connectivity index is 1.70. The first kappa shape index (κ1) is 20.8. The zero-order valence-electron chi connectivity index (χ0n) is 17.7. The Bertz CT molecular complexity index is 1060. The molecule has 2 aromatic heterocycles. The van der Waals surface area contributed by atoms with E-state index >= 15 is 0 Å². The Hall–Kier alpha value is -3.45. The minimum absolute atomic E-state index is 0.0327. The summed E-state index contributed by atoms with van der Waals surface area (Å²) >= 11 is 0. The second-order valence-electron chi connectivity index (χ2n) is 7.74. The van der Waals surface area contributed by atoms with Gasteiger partial charge in [-0.15, -0.1) is 0 Å². The number of benzene rings is 1. The topological polar surface area (TPSA) is 87.3 Å². The number of aromatic nitrogens is 2. The van der Waals surface area contributed by atoms with Crippen LogP contribution < -0.4 is 5.32 Å². The fourth-order valence-corrected chi connectivity index (χ4v) is 4.01. The molecule has 4 rings (SSSR count). The second kappa shape index (κ2) is 9.14. The third-order valence-electron chi connectivity index (χ3n) is 5.61. The third kappa shape index (κ3) is 4.36. The number of carbonyl (C=O) groups is 2. The number of likely N-dealkylation sites (N-methyl/N-ethyl adjacent to an activating group) is 1. The molecule has 0 fully saturated rings. The highest BCUT2D eigenvalue weighted by atomic mass is 16.5. The van der Waals surface area contributed by atoms with Crippen LogP contribution in [0.1, 0.15) is 22.5 Å². The Morgan fingerprint density at radius 2 is 1.94 bits per heavy atom. The lowest BCUT2D eigenvalue weighted by Gasteiger charge is -2.26. The number of amides is 1. The van der Waals surface area contributed by atoms with E-state index in [1.165, 1.54) is 0 Å². The molecule has 0 saturated carbocycles. The van der Waals surface area contributed by atoms with E-state index in [1.54, 1.807) is 31.5 Å².